The summed E-state index contributed by atoms with van der Waals surface area (Å²) in [5, 5.41) is 9.95. The Bertz CT molecular complexity index is 595. The fourth-order valence-electron chi connectivity index (χ4n) is 2.94. The minimum atomic E-state index is -0.491. The molecule has 0 spiro atoms. The van der Waals surface area contributed by atoms with Gasteiger partial charge in [-0.2, -0.15) is 0 Å². The molecule has 150 valence electrons. The number of hydrogen-bond acceptors (Lipinski definition) is 7. The average Bonchev–Trinajstić information content (AvgIpc) is 2.72. The number of hydroxylamine groups is 2. The molecule has 1 fully saturated rings. The van der Waals surface area contributed by atoms with Crippen LogP contribution in [-0.4, -0.2) is 60.4 Å². The summed E-state index contributed by atoms with van der Waals surface area (Å²) in [5.74, 6) is -0.765. The summed E-state index contributed by atoms with van der Waals surface area (Å²) in [6.45, 7) is 5.01. The van der Waals surface area contributed by atoms with Gasteiger partial charge < -0.3 is 9.64 Å². The van der Waals surface area contributed by atoms with Crippen LogP contribution in [0, 0.1) is 5.92 Å². The Labute approximate surface area is 159 Å². The predicted octanol–water partition coefficient (Wildman–Crippen LogP) is 1.41. The first-order valence-corrected chi connectivity index (χ1v) is 9.38. The number of unbranched alkanes of at least 4 members (excludes halogenated alkanes) is 2. The van der Waals surface area contributed by atoms with E-state index in [-0.39, 0.29) is 12.5 Å². The van der Waals surface area contributed by atoms with Crippen molar-refractivity contribution in [2.45, 2.75) is 32.6 Å². The van der Waals surface area contributed by atoms with Gasteiger partial charge in [-0.05, 0) is 12.5 Å². The molecule has 9 heteroatoms. The van der Waals surface area contributed by atoms with E-state index in [1.54, 1.807) is 12.4 Å². The molecule has 2 heterocycles. The number of rotatable bonds is 11. The van der Waals surface area contributed by atoms with Crippen molar-refractivity contribution in [3.63, 3.8) is 0 Å². The van der Waals surface area contributed by atoms with Gasteiger partial charge in [0.2, 0.25) is 12.3 Å². The largest absolute Gasteiger partial charge is 0.378 e. The van der Waals surface area contributed by atoms with Crippen molar-refractivity contribution >= 4 is 23.7 Å². The lowest BCUT2D eigenvalue weighted by atomic mass is 10.0. The van der Waals surface area contributed by atoms with E-state index in [0.29, 0.717) is 36.8 Å². The van der Waals surface area contributed by atoms with E-state index in [9.17, 15) is 14.8 Å². The smallest absolute Gasteiger partial charge is 0.243 e. The van der Waals surface area contributed by atoms with Crippen LogP contribution in [0.5, 0.6) is 0 Å². The zero-order valence-corrected chi connectivity index (χ0v) is 15.8. The zero-order valence-electron chi connectivity index (χ0n) is 15.8. The second kappa shape index (κ2) is 11.3. The molecule has 9 nitrogen and oxygen atoms in total. The van der Waals surface area contributed by atoms with Crippen LogP contribution in [0.3, 0.4) is 0 Å². The third-order valence-electron chi connectivity index (χ3n) is 4.49. The first kappa shape index (κ1) is 20.9. The van der Waals surface area contributed by atoms with Crippen LogP contribution in [0.1, 0.15) is 32.6 Å². The highest BCUT2D eigenvalue weighted by Gasteiger charge is 2.20. The maximum absolute atomic E-state index is 12.5. The van der Waals surface area contributed by atoms with Crippen LogP contribution in [0.25, 0.3) is 0 Å². The van der Waals surface area contributed by atoms with Crippen LogP contribution in [0.2, 0.25) is 0 Å². The van der Waals surface area contributed by atoms with E-state index in [1.165, 1.54) is 0 Å². The molecular weight excluding hydrogens is 350 g/mol. The topological polar surface area (TPSA) is 107 Å². The number of carbonyl (C=O) groups excluding carboxylic acids is 2. The molecule has 1 aliphatic rings. The summed E-state index contributed by atoms with van der Waals surface area (Å²) in [6.07, 6.45) is 7.19. The minimum Gasteiger partial charge on any atom is -0.378 e. The van der Waals surface area contributed by atoms with E-state index in [2.05, 4.69) is 27.7 Å². The monoisotopic (exact) mass is 379 g/mol. The molecule has 0 unspecified atom stereocenters. The zero-order chi connectivity index (χ0) is 19.5. The highest BCUT2D eigenvalue weighted by Crippen LogP contribution is 2.18. The Morgan fingerprint density at radius 1 is 1.41 bits per heavy atom. The fourth-order valence-corrected chi connectivity index (χ4v) is 2.94. The lowest BCUT2D eigenvalue weighted by molar-refractivity contribution is -0.154. The summed E-state index contributed by atoms with van der Waals surface area (Å²) in [6, 6.07) is 1.91. The maximum Gasteiger partial charge on any atom is 0.243 e. The van der Waals surface area contributed by atoms with Gasteiger partial charge in [-0.25, -0.2) is 5.06 Å². The number of nitrogens with one attached hydrogen (secondary N) is 2. The van der Waals surface area contributed by atoms with E-state index < -0.39 is 5.92 Å². The van der Waals surface area contributed by atoms with E-state index in [4.69, 9.17) is 4.74 Å². The van der Waals surface area contributed by atoms with E-state index >= 15 is 0 Å². The van der Waals surface area contributed by atoms with Crippen molar-refractivity contribution in [3.05, 3.63) is 18.5 Å². The Morgan fingerprint density at radius 3 is 2.89 bits per heavy atom. The van der Waals surface area contributed by atoms with Crippen molar-refractivity contribution in [3.8, 4) is 0 Å². The van der Waals surface area contributed by atoms with Crippen molar-refractivity contribution < 1.29 is 19.5 Å². The Balaban J connectivity index is 1.91. The van der Waals surface area contributed by atoms with Crippen LogP contribution in [-0.2, 0) is 14.3 Å². The Kier molecular flexibility index (Phi) is 8.79. The third-order valence-corrected chi connectivity index (χ3v) is 4.49. The third kappa shape index (κ3) is 7.03. The molecule has 1 aliphatic heterocycles. The van der Waals surface area contributed by atoms with Gasteiger partial charge in [-0.1, -0.05) is 26.2 Å². The first-order valence-electron chi connectivity index (χ1n) is 9.38. The molecule has 0 bridgehead atoms. The van der Waals surface area contributed by atoms with Gasteiger partial charge in [-0.3, -0.25) is 30.6 Å². The standard InChI is InChI=1S/C18H29N5O4/c1-2-3-4-5-15(13-23(26)14-24)18(25)21-20-16-10-17(12-19-11-16)22-6-8-27-9-7-22/h10-12,14-15,20,26H,2-9,13H2,1H3,(H,21,25)/t15-/m1/s1. The average molecular weight is 379 g/mol. The lowest BCUT2D eigenvalue weighted by Gasteiger charge is -2.28. The molecule has 0 aliphatic carbocycles. The predicted molar refractivity (Wildman–Crippen MR) is 101 cm³/mol. The summed E-state index contributed by atoms with van der Waals surface area (Å²) in [4.78, 5) is 29.5. The normalized spacial score (nSPS) is 15.1. The number of pyridine rings is 1. The number of morpholine rings is 1. The number of aromatic nitrogens is 1. The highest BCUT2D eigenvalue weighted by atomic mass is 16.5. The minimum absolute atomic E-state index is 0.0349. The van der Waals surface area contributed by atoms with E-state index in [0.717, 1.165) is 38.0 Å². The molecular formula is C18H29N5O4. The second-order valence-electron chi connectivity index (χ2n) is 6.57. The molecule has 0 radical (unpaired) electrons. The number of amides is 2. The van der Waals surface area contributed by atoms with Crippen molar-refractivity contribution in [1.29, 1.82) is 0 Å². The molecule has 1 saturated heterocycles. The Hall–Kier alpha value is -2.39. The molecule has 0 saturated carbocycles. The SMILES string of the molecule is CCCCC[C@H](CN(O)C=O)C(=O)NNc1cncc(N2CCOCC2)c1. The van der Waals surface area contributed by atoms with Gasteiger partial charge in [0.25, 0.3) is 0 Å². The number of hydrazine groups is 1. The van der Waals surface area contributed by atoms with Gasteiger partial charge >= 0.3 is 0 Å². The summed E-state index contributed by atoms with van der Waals surface area (Å²) in [5.41, 5.74) is 7.16. The highest BCUT2D eigenvalue weighted by molar-refractivity contribution is 5.80. The molecule has 2 rings (SSSR count). The van der Waals surface area contributed by atoms with E-state index in [1.807, 2.05) is 6.07 Å². The summed E-state index contributed by atoms with van der Waals surface area (Å²) < 4.78 is 5.35. The van der Waals surface area contributed by atoms with Crippen molar-refractivity contribution in [2.24, 2.45) is 5.92 Å². The molecule has 0 aromatic carbocycles. The summed E-state index contributed by atoms with van der Waals surface area (Å²) in [7, 11) is 0. The van der Waals surface area contributed by atoms with Gasteiger partial charge in [0.05, 0.1) is 49.4 Å². The van der Waals surface area contributed by atoms with Gasteiger partial charge in [0.1, 0.15) is 0 Å². The summed E-state index contributed by atoms with van der Waals surface area (Å²) >= 11 is 0. The molecule has 2 amide bonds. The number of hydrogen-bond donors (Lipinski definition) is 3. The van der Waals surface area contributed by atoms with Gasteiger partial charge in [-0.15, -0.1) is 0 Å². The number of nitrogens with zero attached hydrogens (tertiary/aromatic N) is 3. The molecule has 1 aromatic rings. The fraction of sp³-hybridized carbons (Fsp3) is 0.611. The van der Waals surface area contributed by atoms with Gasteiger partial charge in [0.15, 0.2) is 0 Å². The quantitative estimate of drug-likeness (QED) is 0.231. The number of carbonyl (C=O) groups is 2. The van der Waals surface area contributed by atoms with Crippen molar-refractivity contribution in [2.75, 3.05) is 43.2 Å². The van der Waals surface area contributed by atoms with Crippen LogP contribution >= 0.6 is 0 Å². The van der Waals surface area contributed by atoms with Gasteiger partial charge in [0, 0.05) is 13.1 Å². The lowest BCUT2D eigenvalue weighted by Crippen LogP contribution is -2.40. The Morgan fingerprint density at radius 2 is 2.19 bits per heavy atom. The number of ether oxygens (including phenoxy) is 1. The van der Waals surface area contributed by atoms with Crippen LogP contribution < -0.4 is 15.8 Å². The first-order chi connectivity index (χ1) is 13.1. The second-order valence-corrected chi connectivity index (χ2v) is 6.57. The van der Waals surface area contributed by atoms with Crippen molar-refractivity contribution in [1.82, 2.24) is 15.5 Å². The molecule has 27 heavy (non-hydrogen) atoms. The molecule has 1 atom stereocenters. The number of anilines is 2. The molecule has 3 N–H and O–H groups in total. The molecule has 1 aromatic heterocycles. The maximum atomic E-state index is 12.5. The van der Waals surface area contributed by atoms with Crippen LogP contribution in [0.15, 0.2) is 18.5 Å². The van der Waals surface area contributed by atoms with Crippen LogP contribution in [0.4, 0.5) is 11.4 Å².